The Morgan fingerprint density at radius 3 is 1.68 bits per heavy atom. The molecule has 0 amide bonds. The summed E-state index contributed by atoms with van der Waals surface area (Å²) in [5.74, 6) is -1.28. The van der Waals surface area contributed by atoms with E-state index in [0.717, 1.165) is 38.5 Å². The van der Waals surface area contributed by atoms with E-state index in [1.807, 2.05) is 0 Å². The third-order valence-corrected chi connectivity index (χ3v) is 9.83. The molecule has 1 atom stereocenters. The van der Waals surface area contributed by atoms with Gasteiger partial charge in [0.05, 0.1) is 0 Å². The van der Waals surface area contributed by atoms with Crippen LogP contribution in [0.4, 0.5) is 0 Å². The Bertz CT molecular complexity index is 1650. The molecule has 11 nitrogen and oxygen atoms in total. The molecule has 0 fully saturated rings. The maximum atomic E-state index is 12.7. The molecule has 56 heavy (non-hydrogen) atoms. The van der Waals surface area contributed by atoms with E-state index in [2.05, 4.69) is 18.8 Å². The first-order valence-electron chi connectivity index (χ1n) is 21.3. The van der Waals surface area contributed by atoms with Crippen molar-refractivity contribution in [1.82, 2.24) is 4.98 Å². The number of aromatic nitrogens is 1. The van der Waals surface area contributed by atoms with Gasteiger partial charge >= 0.3 is 23.9 Å². The zero-order valence-electron chi connectivity index (χ0n) is 34.2. The monoisotopic (exact) mass is 779 g/mol. The van der Waals surface area contributed by atoms with E-state index in [1.54, 1.807) is 25.1 Å². The van der Waals surface area contributed by atoms with Crippen LogP contribution in [0.1, 0.15) is 167 Å². The Labute approximate surface area is 332 Å². The van der Waals surface area contributed by atoms with Crippen molar-refractivity contribution in [1.29, 1.82) is 0 Å². The second-order valence-corrected chi connectivity index (χ2v) is 14.8. The number of aryl methyl sites for hydroxylation is 1. The predicted molar refractivity (Wildman–Crippen MR) is 217 cm³/mol. The van der Waals surface area contributed by atoms with Gasteiger partial charge in [0.15, 0.2) is 22.9 Å². The van der Waals surface area contributed by atoms with Crippen LogP contribution in [0.2, 0.25) is 0 Å². The van der Waals surface area contributed by atoms with E-state index in [-0.39, 0.29) is 62.5 Å². The Balaban J connectivity index is 1.41. The van der Waals surface area contributed by atoms with Crippen LogP contribution in [0.3, 0.4) is 0 Å². The van der Waals surface area contributed by atoms with Gasteiger partial charge in [-0.15, -0.1) is 0 Å². The molecule has 1 heterocycles. The van der Waals surface area contributed by atoms with Gasteiger partial charge in [0, 0.05) is 37.3 Å². The molecule has 0 spiro atoms. The molecule has 3 rings (SSSR count). The van der Waals surface area contributed by atoms with Crippen molar-refractivity contribution >= 4 is 35.0 Å². The van der Waals surface area contributed by atoms with Crippen LogP contribution in [-0.2, 0) is 33.4 Å². The number of esters is 4. The average Bonchev–Trinajstić information content (AvgIpc) is 3.18. The van der Waals surface area contributed by atoms with Gasteiger partial charge in [0.25, 0.3) is 0 Å². The molecule has 0 N–H and O–H groups in total. The van der Waals surface area contributed by atoms with Crippen LogP contribution in [0.15, 0.2) is 39.5 Å². The van der Waals surface area contributed by atoms with Crippen molar-refractivity contribution in [3.8, 4) is 17.2 Å². The second-order valence-electron chi connectivity index (χ2n) is 14.8. The topological polar surface area (TPSA) is 148 Å². The Morgan fingerprint density at radius 2 is 1.11 bits per heavy atom. The van der Waals surface area contributed by atoms with Crippen LogP contribution < -0.4 is 10.2 Å². The van der Waals surface area contributed by atoms with Crippen LogP contribution in [0.5, 0.6) is 5.75 Å². The zero-order chi connectivity index (χ0) is 40.4. The van der Waals surface area contributed by atoms with E-state index in [9.17, 15) is 24.0 Å². The number of carbonyl (C=O) groups excluding carboxylic acids is 4. The highest BCUT2D eigenvalue weighted by molar-refractivity contribution is 5.83. The molecule has 11 heteroatoms. The van der Waals surface area contributed by atoms with Crippen LogP contribution >= 0.6 is 0 Å². The maximum Gasteiger partial charge on any atom is 0.311 e. The smallest absolute Gasteiger partial charge is 0.311 e. The third kappa shape index (κ3) is 18.6. The largest absolute Gasteiger partial charge is 0.462 e. The predicted octanol–water partition coefficient (Wildman–Crippen LogP) is 10.5. The summed E-state index contributed by atoms with van der Waals surface area (Å²) < 4.78 is 27.9. The van der Waals surface area contributed by atoms with Crippen molar-refractivity contribution in [2.45, 2.75) is 175 Å². The van der Waals surface area contributed by atoms with Crippen LogP contribution in [0, 0.1) is 6.92 Å². The van der Waals surface area contributed by atoms with Crippen molar-refractivity contribution in [3.05, 3.63) is 46.1 Å². The first-order valence-corrected chi connectivity index (χ1v) is 21.3. The van der Waals surface area contributed by atoms with Gasteiger partial charge in [-0.05, 0) is 50.5 Å². The normalized spacial score (nSPS) is 11.8. The fourth-order valence-electron chi connectivity index (χ4n) is 6.48. The molecule has 1 aromatic carbocycles. The molecule has 0 aromatic heterocycles. The molecule has 1 aliphatic heterocycles. The fraction of sp³-hybridized carbons (Fsp3) is 0.644. The van der Waals surface area contributed by atoms with E-state index in [4.69, 9.17) is 23.4 Å². The Morgan fingerprint density at radius 1 is 0.607 bits per heavy atom. The summed E-state index contributed by atoms with van der Waals surface area (Å²) >= 11 is 0. The molecule has 2 aliphatic rings. The number of ether oxygens (including phenoxy) is 4. The molecule has 0 saturated carbocycles. The van der Waals surface area contributed by atoms with E-state index >= 15 is 0 Å². The lowest BCUT2D eigenvalue weighted by molar-refractivity contribution is -0.167. The Kier molecular flexibility index (Phi) is 22.5. The highest BCUT2D eigenvalue weighted by atomic mass is 16.6. The number of hydrogen-bond donors (Lipinski definition) is 0. The van der Waals surface area contributed by atoms with E-state index < -0.39 is 24.0 Å². The number of carbonyl (C=O) groups is 4. The average molecular weight is 780 g/mol. The van der Waals surface area contributed by atoms with Gasteiger partial charge in [-0.2, -0.15) is 0 Å². The zero-order valence-corrected chi connectivity index (χ0v) is 34.2. The minimum absolute atomic E-state index is 0.0488. The first kappa shape index (κ1) is 46.1. The second kappa shape index (κ2) is 27.3. The van der Waals surface area contributed by atoms with Crippen molar-refractivity contribution in [2.24, 2.45) is 0 Å². The molecule has 0 unspecified atom stereocenters. The van der Waals surface area contributed by atoms with Gasteiger partial charge in [-0.1, -0.05) is 117 Å². The number of nitrogens with zero attached hydrogens (tertiary/aromatic N) is 1. The highest BCUT2D eigenvalue weighted by Crippen LogP contribution is 2.31. The number of unbranched alkanes of at least 4 members (excludes halogenated alkanes) is 16. The highest BCUT2D eigenvalue weighted by Gasteiger charge is 2.20. The lowest BCUT2D eigenvalue weighted by atomic mass is 10.1. The quantitative estimate of drug-likeness (QED) is 0.0209. The molecule has 1 aromatic rings. The SMILES string of the molecule is CCCCCCCCCCCC(=O)OC[C@@H](COC(=O)CCCC(=O)Oc1ccc2nc3ccc(=O)cc-3oc2c1C)OC(=O)CCCCCCCCCCC. The summed E-state index contributed by atoms with van der Waals surface area (Å²) in [6.07, 6.45) is 20.0. The van der Waals surface area contributed by atoms with E-state index in [0.29, 0.717) is 34.5 Å². The van der Waals surface area contributed by atoms with Crippen molar-refractivity contribution < 1.29 is 42.5 Å². The fourth-order valence-corrected chi connectivity index (χ4v) is 6.48. The molecule has 0 radical (unpaired) electrons. The summed E-state index contributed by atoms with van der Waals surface area (Å²) in [6, 6.07) is 7.66. The maximum absolute atomic E-state index is 12.7. The van der Waals surface area contributed by atoms with Crippen LogP contribution in [-0.4, -0.2) is 48.2 Å². The van der Waals surface area contributed by atoms with Gasteiger partial charge in [-0.25, -0.2) is 4.98 Å². The number of hydrogen-bond acceptors (Lipinski definition) is 11. The van der Waals surface area contributed by atoms with Gasteiger partial charge in [0.1, 0.15) is 30.2 Å². The summed E-state index contributed by atoms with van der Waals surface area (Å²) in [6.45, 7) is 5.70. The molecular formula is C45H65NO10. The standard InChI is InChI=1S/C45H65NO10/c1-4-6-8-10-12-14-16-18-20-23-41(48)52-32-36(54-43(50)24-21-19-17-15-13-11-9-7-5-2)33-53-42(49)25-22-26-44(51)55-39-30-29-38-45(34(39)3)56-40-31-35(47)27-28-37(40)46-38/h27-31,36H,4-26,32-33H2,1-3H3/t36-/m0/s1. The first-order chi connectivity index (χ1) is 27.2. The van der Waals surface area contributed by atoms with Crippen molar-refractivity contribution in [3.63, 3.8) is 0 Å². The minimum atomic E-state index is -0.921. The lowest BCUT2D eigenvalue weighted by Gasteiger charge is -2.18. The van der Waals surface area contributed by atoms with Crippen molar-refractivity contribution in [2.75, 3.05) is 13.2 Å². The van der Waals surface area contributed by atoms with Crippen LogP contribution in [0.25, 0.3) is 22.6 Å². The molecule has 0 saturated heterocycles. The lowest BCUT2D eigenvalue weighted by Crippen LogP contribution is -2.31. The molecule has 0 bridgehead atoms. The van der Waals surface area contributed by atoms with Gasteiger partial charge in [-0.3, -0.25) is 24.0 Å². The Hall–Kier alpha value is -4.28. The van der Waals surface area contributed by atoms with Gasteiger partial charge < -0.3 is 23.4 Å². The third-order valence-electron chi connectivity index (χ3n) is 9.83. The summed E-state index contributed by atoms with van der Waals surface area (Å²) in [4.78, 5) is 66.8. The summed E-state index contributed by atoms with van der Waals surface area (Å²) in [7, 11) is 0. The minimum Gasteiger partial charge on any atom is -0.462 e. The number of benzene rings is 2. The summed E-state index contributed by atoms with van der Waals surface area (Å²) in [5.41, 5.74) is 1.84. The molecule has 310 valence electrons. The number of fused-ring (bicyclic) bond motifs is 2. The van der Waals surface area contributed by atoms with Gasteiger partial charge in [0.2, 0.25) is 0 Å². The summed E-state index contributed by atoms with van der Waals surface area (Å²) in [5, 5.41) is 0. The van der Waals surface area contributed by atoms with E-state index in [1.165, 1.54) is 82.8 Å². The molecular weight excluding hydrogens is 714 g/mol. The number of rotatable bonds is 30. The molecule has 1 aliphatic carbocycles.